The number of aliphatic hydroxyl groups is 2. The predicted octanol–water partition coefficient (Wildman–Crippen LogP) is -9.23. The largest absolute Gasteiger partial charge is 0.394 e. The highest BCUT2D eigenvalue weighted by Gasteiger charge is 2.34. The van der Waals surface area contributed by atoms with E-state index in [1.54, 1.807) is 60.7 Å². The van der Waals surface area contributed by atoms with Gasteiger partial charge in [0.1, 0.15) is 54.4 Å². The molecule has 544 valence electrons. The van der Waals surface area contributed by atoms with Crippen molar-refractivity contribution in [2.45, 2.75) is 164 Å². The van der Waals surface area contributed by atoms with Crippen LogP contribution in [0.5, 0.6) is 0 Å². The molecule has 0 aliphatic rings. The second-order valence-electron chi connectivity index (χ2n) is 22.9. The Kier molecular flexibility index (Phi) is 39.5. The molecule has 0 bridgehead atoms. The molecular formula is C61H100N22O15. The van der Waals surface area contributed by atoms with E-state index >= 15 is 0 Å². The third kappa shape index (κ3) is 34.0. The first-order valence-electron chi connectivity index (χ1n) is 32.0. The molecule has 0 heterocycles. The van der Waals surface area contributed by atoms with Crippen molar-refractivity contribution in [2.24, 2.45) is 55.9 Å². The molecule has 0 unspecified atom stereocenters. The Balaban J connectivity index is 2.18. The molecular weight excluding hydrogens is 1280 g/mol. The number of benzene rings is 2. The van der Waals surface area contributed by atoms with E-state index in [-0.39, 0.29) is 89.3 Å². The van der Waals surface area contributed by atoms with Crippen LogP contribution in [0, 0.1) is 0 Å². The molecule has 0 saturated carbocycles. The minimum absolute atomic E-state index is 0.0249. The second-order valence-corrected chi connectivity index (χ2v) is 22.9. The summed E-state index contributed by atoms with van der Waals surface area (Å²) >= 11 is 0. The van der Waals surface area contributed by atoms with E-state index in [0.29, 0.717) is 31.4 Å². The van der Waals surface area contributed by atoms with Crippen LogP contribution in [0.25, 0.3) is 0 Å². The highest BCUT2D eigenvalue weighted by Crippen LogP contribution is 2.10. The molecule has 0 radical (unpaired) electrons. The third-order valence-corrected chi connectivity index (χ3v) is 14.6. The van der Waals surface area contributed by atoms with Crippen molar-refractivity contribution in [3.05, 3.63) is 71.8 Å². The van der Waals surface area contributed by atoms with E-state index in [1.807, 2.05) is 0 Å². The normalized spacial score (nSPS) is 14.2. The molecule has 13 amide bonds. The van der Waals surface area contributed by atoms with Gasteiger partial charge in [-0.15, -0.1) is 0 Å². The van der Waals surface area contributed by atoms with Gasteiger partial charge in [-0.1, -0.05) is 60.7 Å². The summed E-state index contributed by atoms with van der Waals surface area (Å²) in [4.78, 5) is 181. The summed E-state index contributed by atoms with van der Waals surface area (Å²) in [5.41, 5.74) is 46.0. The number of unbranched alkanes of at least 4 members (excludes halogenated alkanes) is 2. The lowest BCUT2D eigenvalue weighted by Gasteiger charge is -2.26. The van der Waals surface area contributed by atoms with Crippen molar-refractivity contribution in [3.63, 3.8) is 0 Å². The summed E-state index contributed by atoms with van der Waals surface area (Å²) in [5.74, 6) is -12.1. The average Bonchev–Trinajstić information content (AvgIpc) is 0.888. The van der Waals surface area contributed by atoms with Crippen molar-refractivity contribution in [2.75, 3.05) is 52.4 Å². The zero-order valence-corrected chi connectivity index (χ0v) is 55.5. The number of aliphatic hydroxyl groups excluding tert-OH is 2. The van der Waals surface area contributed by atoms with Crippen LogP contribution in [0.3, 0.4) is 0 Å². The van der Waals surface area contributed by atoms with Crippen molar-refractivity contribution in [3.8, 4) is 0 Å². The quantitative estimate of drug-likeness (QED) is 0.0166. The molecule has 2 rings (SSSR count). The van der Waals surface area contributed by atoms with E-state index in [4.69, 9.17) is 45.9 Å². The van der Waals surface area contributed by atoms with Crippen molar-refractivity contribution in [1.29, 1.82) is 0 Å². The van der Waals surface area contributed by atoms with Gasteiger partial charge >= 0.3 is 0 Å². The van der Waals surface area contributed by atoms with Gasteiger partial charge in [0.2, 0.25) is 76.8 Å². The van der Waals surface area contributed by atoms with Crippen LogP contribution in [0.4, 0.5) is 0 Å². The maximum Gasteiger partial charge on any atom is 0.245 e. The molecule has 11 atom stereocenters. The van der Waals surface area contributed by atoms with E-state index in [1.165, 1.54) is 20.8 Å². The summed E-state index contributed by atoms with van der Waals surface area (Å²) in [6, 6.07) is 3.43. The van der Waals surface area contributed by atoms with E-state index in [0.717, 1.165) is 5.56 Å². The number of hydrogen-bond acceptors (Lipinski definition) is 20. The number of nitrogens with two attached hydrogens (primary N) is 8. The van der Waals surface area contributed by atoms with Crippen LogP contribution < -0.4 is 110 Å². The lowest BCUT2D eigenvalue weighted by atomic mass is 10.0. The Bertz CT molecular complexity index is 2990. The molecule has 2 aromatic carbocycles. The minimum Gasteiger partial charge on any atom is -0.394 e. The third-order valence-electron chi connectivity index (χ3n) is 14.6. The van der Waals surface area contributed by atoms with Gasteiger partial charge in [-0.3, -0.25) is 72.3 Å². The fourth-order valence-corrected chi connectivity index (χ4v) is 9.17. The Morgan fingerprint density at radius 3 is 1.27 bits per heavy atom. The maximum atomic E-state index is 14.1. The molecule has 2 aromatic rings. The number of carbonyl (C=O) groups is 13. The van der Waals surface area contributed by atoms with E-state index < -0.39 is 170 Å². The SMILES string of the molecule is C[C@H](NC(=O)[C@H](CO)NC(=O)[C@H](CCCCN)NC(=O)[C@H](CCCN=C(N)N)NC(=O)[C@@H](C)NC(=O)CNC(=O)[C@@H](NC(=O)[C@H](Cc1ccccc1)NC(=O)CNC(=O)CNC(=O)[C@@H](N)Cc1ccccc1)[C@@H](C)O)C(=O)N[C@@H](CCCN=C(N)N)C(=O)N[C@@H](CCCCN)C(N)=O. The lowest BCUT2D eigenvalue weighted by molar-refractivity contribution is -0.136. The zero-order valence-electron chi connectivity index (χ0n) is 55.5. The van der Waals surface area contributed by atoms with Gasteiger partial charge in [0.25, 0.3) is 0 Å². The van der Waals surface area contributed by atoms with Crippen LogP contribution in [0.1, 0.15) is 96.1 Å². The summed E-state index contributed by atoms with van der Waals surface area (Å²) < 4.78 is 0. The summed E-state index contributed by atoms with van der Waals surface area (Å²) in [7, 11) is 0. The van der Waals surface area contributed by atoms with Crippen LogP contribution in [0.2, 0.25) is 0 Å². The standard InChI is InChI=1S/C61H100N22O15/c1-34(75-47(87)32-74-59(98)49(36(3)85)83-57(96)44(29-38-18-8-5-9-19-38)77-48(88)31-72-46(86)30-73-53(92)39(64)28-37-16-6-4-7-17-37)51(90)79-43(23-15-27-71-61(68)69)55(94)81-41(21-11-13-25-63)56(95)82-45(33-84)58(97)76-35(2)52(91)80-42(22-14-26-70-60(66)67)54(93)78-40(50(65)89)20-10-12-24-62/h4-9,16-19,34-36,39-45,49,84-85H,10-15,20-33,62-64H2,1-3H3,(H2,65,89)(H,72,86)(H,73,92)(H,74,98)(H,75,87)(H,76,97)(H,77,88)(H,78,93)(H,79,90)(H,80,91)(H,81,94)(H,82,95)(H,83,96)(H4,66,67,70)(H4,68,69,71)/t34-,35+,36-,39+,40+,41+,42+,43+,44+,45+,49+/m1/s1. The number of guanidine groups is 2. The van der Waals surface area contributed by atoms with Gasteiger partial charge < -0.3 is 120 Å². The Hall–Kier alpha value is -10.1. The van der Waals surface area contributed by atoms with Gasteiger partial charge in [0.05, 0.1) is 38.4 Å². The van der Waals surface area contributed by atoms with Crippen LogP contribution in [0.15, 0.2) is 70.6 Å². The number of nitrogens with one attached hydrogen (secondary N) is 12. The molecule has 37 nitrogen and oxygen atoms in total. The Morgan fingerprint density at radius 1 is 0.408 bits per heavy atom. The lowest BCUT2D eigenvalue weighted by Crippen LogP contribution is -2.60. The first kappa shape index (κ1) is 84.0. The number of amides is 13. The topological polar surface area (TPSA) is 640 Å². The number of aliphatic imine (C=N–C) groups is 2. The molecule has 0 fully saturated rings. The first-order valence-corrected chi connectivity index (χ1v) is 32.0. The van der Waals surface area contributed by atoms with Crippen molar-refractivity contribution in [1.82, 2.24) is 63.8 Å². The van der Waals surface area contributed by atoms with Crippen LogP contribution in [-0.2, 0) is 75.2 Å². The molecule has 37 heteroatoms. The predicted molar refractivity (Wildman–Crippen MR) is 360 cm³/mol. The molecule has 0 aromatic heterocycles. The number of hydrogen-bond donors (Lipinski definition) is 22. The average molecular weight is 1380 g/mol. The van der Waals surface area contributed by atoms with Gasteiger partial charge in [0.15, 0.2) is 11.9 Å². The van der Waals surface area contributed by atoms with E-state index in [2.05, 4.69) is 73.8 Å². The van der Waals surface area contributed by atoms with Crippen molar-refractivity contribution < 1.29 is 72.5 Å². The summed E-state index contributed by atoms with van der Waals surface area (Å²) in [6.45, 7) is 1.22. The second kappa shape index (κ2) is 46.1. The number of nitrogens with zero attached hydrogens (tertiary/aromatic N) is 2. The Labute approximate surface area is 567 Å². The van der Waals surface area contributed by atoms with Crippen LogP contribution in [-0.4, -0.2) is 218 Å². The Morgan fingerprint density at radius 2 is 0.796 bits per heavy atom. The molecule has 0 aliphatic heterocycles. The fourth-order valence-electron chi connectivity index (χ4n) is 9.17. The van der Waals surface area contributed by atoms with Crippen molar-refractivity contribution >= 4 is 88.7 Å². The van der Waals surface area contributed by atoms with E-state index in [9.17, 15) is 72.5 Å². The molecule has 98 heavy (non-hydrogen) atoms. The van der Waals surface area contributed by atoms with Gasteiger partial charge in [-0.05, 0) is 116 Å². The highest BCUT2D eigenvalue weighted by atomic mass is 16.3. The zero-order chi connectivity index (χ0) is 73.3. The monoisotopic (exact) mass is 1380 g/mol. The highest BCUT2D eigenvalue weighted by molar-refractivity contribution is 5.99. The number of primary amides is 1. The summed E-state index contributed by atoms with van der Waals surface area (Å²) in [6.07, 6.45) is 0.241. The van der Waals surface area contributed by atoms with Gasteiger partial charge in [-0.25, -0.2) is 0 Å². The fraction of sp³-hybridized carbons (Fsp3) is 0.557. The smallest absolute Gasteiger partial charge is 0.245 e. The van der Waals surface area contributed by atoms with Crippen LogP contribution >= 0.6 is 0 Å². The number of rotatable bonds is 47. The molecule has 0 saturated heterocycles. The summed E-state index contributed by atoms with van der Waals surface area (Å²) in [5, 5.41) is 50.1. The maximum absolute atomic E-state index is 14.1. The minimum atomic E-state index is -1.73. The van der Waals surface area contributed by atoms with Gasteiger partial charge in [-0.2, -0.15) is 0 Å². The molecule has 0 aliphatic carbocycles. The molecule has 30 N–H and O–H groups in total. The van der Waals surface area contributed by atoms with Gasteiger partial charge in [0, 0.05) is 19.5 Å². The number of carbonyl (C=O) groups excluding carboxylic acids is 13. The first-order chi connectivity index (χ1) is 46.5. The molecule has 0 spiro atoms.